The van der Waals surface area contributed by atoms with Gasteiger partial charge in [-0.15, -0.1) is 0 Å². The van der Waals surface area contributed by atoms with Crippen molar-refractivity contribution < 1.29 is 18.0 Å². The molecule has 0 radical (unpaired) electrons. The van der Waals surface area contributed by atoms with E-state index < -0.39 is 11.7 Å². The number of hydrogen-bond donors (Lipinski definition) is 1. The van der Waals surface area contributed by atoms with E-state index in [1.807, 2.05) is 25.1 Å². The molecule has 1 amide bonds. The highest BCUT2D eigenvalue weighted by atomic mass is 19.4. The first-order chi connectivity index (χ1) is 14.8. The molecule has 4 rings (SSSR count). The molecule has 1 aliphatic heterocycles. The van der Waals surface area contributed by atoms with Crippen molar-refractivity contribution in [1.82, 2.24) is 19.7 Å². The van der Waals surface area contributed by atoms with Gasteiger partial charge in [0, 0.05) is 25.4 Å². The number of carbonyl (C=O) groups is 1. The largest absolute Gasteiger partial charge is 0.416 e. The molecule has 0 saturated carbocycles. The van der Waals surface area contributed by atoms with Gasteiger partial charge < -0.3 is 10.2 Å². The van der Waals surface area contributed by atoms with E-state index in [1.165, 1.54) is 12.1 Å². The molecule has 0 saturated heterocycles. The number of nitrogens with zero attached hydrogens (tertiary/aromatic N) is 4. The SMILES string of the molecule is CC(c1ccccn1)N(C)C(=O)C1CNc2c(-c3ccc(C(F)(F)F)cc3)cnn2C1. The average Bonchev–Trinajstić information content (AvgIpc) is 3.21. The lowest BCUT2D eigenvalue weighted by Crippen LogP contribution is -2.42. The maximum atomic E-state index is 13.0. The molecular formula is C22H22F3N5O. The zero-order valence-electron chi connectivity index (χ0n) is 17.1. The predicted octanol–water partition coefficient (Wildman–Crippen LogP) is 4.23. The number of nitrogens with one attached hydrogen (secondary N) is 1. The van der Waals surface area contributed by atoms with Crippen LogP contribution in [0.4, 0.5) is 19.0 Å². The van der Waals surface area contributed by atoms with E-state index in [1.54, 1.807) is 29.0 Å². The lowest BCUT2D eigenvalue weighted by Gasteiger charge is -2.31. The highest BCUT2D eigenvalue weighted by Crippen LogP contribution is 2.34. The molecular weight excluding hydrogens is 407 g/mol. The van der Waals surface area contributed by atoms with Crippen molar-refractivity contribution in [2.24, 2.45) is 5.92 Å². The fourth-order valence-corrected chi connectivity index (χ4v) is 3.72. The molecule has 9 heteroatoms. The Hall–Kier alpha value is -3.36. The monoisotopic (exact) mass is 429 g/mol. The third-order valence-corrected chi connectivity index (χ3v) is 5.67. The van der Waals surface area contributed by atoms with Crippen LogP contribution in [0.3, 0.4) is 0 Å². The number of amides is 1. The summed E-state index contributed by atoms with van der Waals surface area (Å²) >= 11 is 0. The molecule has 1 N–H and O–H groups in total. The quantitative estimate of drug-likeness (QED) is 0.675. The molecule has 2 atom stereocenters. The Balaban J connectivity index is 1.49. The van der Waals surface area contributed by atoms with Gasteiger partial charge in [-0.2, -0.15) is 18.3 Å². The Morgan fingerprint density at radius 2 is 1.97 bits per heavy atom. The van der Waals surface area contributed by atoms with E-state index in [2.05, 4.69) is 15.4 Å². The first kappa shape index (κ1) is 20.9. The summed E-state index contributed by atoms with van der Waals surface area (Å²) in [6.45, 7) is 2.73. The lowest BCUT2D eigenvalue weighted by molar-refractivity contribution is -0.138. The molecule has 1 aliphatic rings. The Bertz CT molecular complexity index is 1060. The van der Waals surface area contributed by atoms with Crippen LogP contribution in [0.15, 0.2) is 54.9 Å². The molecule has 1 aromatic carbocycles. The highest BCUT2D eigenvalue weighted by molar-refractivity contribution is 5.81. The number of pyridine rings is 1. The van der Waals surface area contributed by atoms with Crippen molar-refractivity contribution in [3.8, 4) is 11.1 Å². The Morgan fingerprint density at radius 1 is 1.23 bits per heavy atom. The molecule has 31 heavy (non-hydrogen) atoms. The Kier molecular flexibility index (Phi) is 5.43. The molecule has 6 nitrogen and oxygen atoms in total. The molecule has 0 fully saturated rings. The van der Waals surface area contributed by atoms with E-state index in [9.17, 15) is 18.0 Å². The van der Waals surface area contributed by atoms with Gasteiger partial charge in [0.15, 0.2) is 0 Å². The van der Waals surface area contributed by atoms with Crippen LogP contribution in [0.1, 0.15) is 24.2 Å². The fourth-order valence-electron chi connectivity index (χ4n) is 3.72. The van der Waals surface area contributed by atoms with Crippen LogP contribution in [0.25, 0.3) is 11.1 Å². The summed E-state index contributed by atoms with van der Waals surface area (Å²) in [4.78, 5) is 19.0. The molecule has 0 spiro atoms. The normalized spacial score (nSPS) is 16.9. The molecule has 3 heterocycles. The smallest absolute Gasteiger partial charge is 0.369 e. The molecule has 2 unspecified atom stereocenters. The molecule has 3 aromatic rings. The summed E-state index contributed by atoms with van der Waals surface area (Å²) < 4.78 is 40.1. The van der Waals surface area contributed by atoms with Crippen LogP contribution in [0.5, 0.6) is 0 Å². The molecule has 2 aromatic heterocycles. The summed E-state index contributed by atoms with van der Waals surface area (Å²) in [7, 11) is 1.76. The van der Waals surface area contributed by atoms with Gasteiger partial charge in [-0.1, -0.05) is 18.2 Å². The Morgan fingerprint density at radius 3 is 2.61 bits per heavy atom. The lowest BCUT2D eigenvalue weighted by atomic mass is 10.0. The summed E-state index contributed by atoms with van der Waals surface area (Å²) in [6.07, 6.45) is -1.07. The van der Waals surface area contributed by atoms with E-state index >= 15 is 0 Å². The number of halogens is 3. The van der Waals surface area contributed by atoms with Gasteiger partial charge >= 0.3 is 6.18 Å². The number of fused-ring (bicyclic) bond motifs is 1. The summed E-state index contributed by atoms with van der Waals surface area (Å²) in [5.41, 5.74) is 1.45. The molecule has 162 valence electrons. The van der Waals surface area contributed by atoms with Gasteiger partial charge in [-0.3, -0.25) is 9.78 Å². The number of hydrogen-bond acceptors (Lipinski definition) is 4. The van der Waals surface area contributed by atoms with Gasteiger partial charge in [-0.05, 0) is 36.8 Å². The number of anilines is 1. The van der Waals surface area contributed by atoms with E-state index in [0.29, 0.717) is 30.0 Å². The topological polar surface area (TPSA) is 63.1 Å². The maximum Gasteiger partial charge on any atom is 0.416 e. The van der Waals surface area contributed by atoms with E-state index in [4.69, 9.17) is 0 Å². The second-order valence-corrected chi connectivity index (χ2v) is 7.62. The molecule has 0 aliphatic carbocycles. The minimum absolute atomic E-state index is 0.0251. The third kappa shape index (κ3) is 4.12. The number of carbonyl (C=O) groups excluding carboxylic acids is 1. The minimum atomic E-state index is -4.37. The maximum absolute atomic E-state index is 13.0. The van der Waals surface area contributed by atoms with Crippen molar-refractivity contribution in [1.29, 1.82) is 0 Å². The van der Waals surface area contributed by atoms with Gasteiger partial charge in [0.2, 0.25) is 5.91 Å². The van der Waals surface area contributed by atoms with Crippen LogP contribution >= 0.6 is 0 Å². The van der Waals surface area contributed by atoms with Crippen molar-refractivity contribution in [3.63, 3.8) is 0 Å². The van der Waals surface area contributed by atoms with Crippen LogP contribution < -0.4 is 5.32 Å². The van der Waals surface area contributed by atoms with Crippen molar-refractivity contribution in [2.75, 3.05) is 18.9 Å². The van der Waals surface area contributed by atoms with Crippen LogP contribution in [0, 0.1) is 5.92 Å². The first-order valence-corrected chi connectivity index (χ1v) is 9.90. The van der Waals surface area contributed by atoms with Gasteiger partial charge in [0.05, 0.1) is 36.0 Å². The van der Waals surface area contributed by atoms with E-state index in [0.717, 1.165) is 17.8 Å². The van der Waals surface area contributed by atoms with Crippen molar-refractivity contribution in [2.45, 2.75) is 25.7 Å². The predicted molar refractivity (Wildman–Crippen MR) is 110 cm³/mol. The number of rotatable bonds is 4. The summed E-state index contributed by atoms with van der Waals surface area (Å²) in [5, 5.41) is 7.58. The van der Waals surface area contributed by atoms with Crippen molar-refractivity contribution >= 4 is 11.7 Å². The Labute approximate surface area is 177 Å². The van der Waals surface area contributed by atoms with E-state index in [-0.39, 0.29) is 17.9 Å². The molecule has 0 bridgehead atoms. The van der Waals surface area contributed by atoms with Crippen LogP contribution in [0.2, 0.25) is 0 Å². The fraction of sp³-hybridized carbons (Fsp3) is 0.318. The summed E-state index contributed by atoms with van der Waals surface area (Å²) in [5.74, 6) is 0.358. The second-order valence-electron chi connectivity index (χ2n) is 7.62. The first-order valence-electron chi connectivity index (χ1n) is 9.90. The highest BCUT2D eigenvalue weighted by Gasteiger charge is 2.32. The number of benzene rings is 1. The minimum Gasteiger partial charge on any atom is -0.369 e. The van der Waals surface area contributed by atoms with Crippen LogP contribution in [-0.4, -0.2) is 39.2 Å². The van der Waals surface area contributed by atoms with Crippen LogP contribution in [-0.2, 0) is 17.5 Å². The van der Waals surface area contributed by atoms with Gasteiger partial charge in [-0.25, -0.2) is 4.68 Å². The van der Waals surface area contributed by atoms with Gasteiger partial charge in [0.1, 0.15) is 5.82 Å². The van der Waals surface area contributed by atoms with Gasteiger partial charge in [0.25, 0.3) is 0 Å². The second kappa shape index (κ2) is 8.05. The van der Waals surface area contributed by atoms with Crippen molar-refractivity contribution in [3.05, 3.63) is 66.1 Å². The zero-order valence-corrected chi connectivity index (χ0v) is 17.1. The number of alkyl halides is 3. The average molecular weight is 429 g/mol. The zero-order chi connectivity index (χ0) is 22.2. The summed E-state index contributed by atoms with van der Waals surface area (Å²) in [6, 6.07) is 10.4. The third-order valence-electron chi connectivity index (χ3n) is 5.67. The standard InChI is InChI=1S/C22H22F3N5O/c1-14(19-5-3-4-10-26-19)29(2)21(31)16-11-27-20-18(12-28-30(20)13-16)15-6-8-17(9-7-15)22(23,24)25/h3-10,12,14,16,27H,11,13H2,1-2H3. The number of aromatic nitrogens is 3.